The average molecular weight is 387 g/mol. The molecule has 0 aromatic heterocycles. The molecule has 0 aliphatic rings. The van der Waals surface area contributed by atoms with E-state index in [4.69, 9.17) is 10.00 Å². The second-order valence-corrected chi connectivity index (χ2v) is 7.87. The van der Waals surface area contributed by atoms with Crippen LogP contribution in [0.25, 0.3) is 0 Å². The molecule has 1 N–H and O–H groups in total. The number of hydrogen-bond acceptors (Lipinski definition) is 5. The van der Waals surface area contributed by atoms with Crippen LogP contribution in [-0.4, -0.2) is 38.8 Å². The number of benzene rings is 2. The molecule has 0 saturated heterocycles. The molecule has 2 aromatic rings. The number of anilines is 1. The van der Waals surface area contributed by atoms with Gasteiger partial charge in [-0.15, -0.1) is 0 Å². The lowest BCUT2D eigenvalue weighted by atomic mass is 10.2. The van der Waals surface area contributed by atoms with Crippen LogP contribution in [0.1, 0.15) is 18.9 Å². The Morgan fingerprint density at radius 3 is 2.56 bits per heavy atom. The van der Waals surface area contributed by atoms with Crippen LogP contribution < -0.4 is 10.1 Å². The van der Waals surface area contributed by atoms with Gasteiger partial charge >= 0.3 is 0 Å². The predicted octanol–water partition coefficient (Wildman–Crippen LogP) is 2.61. The van der Waals surface area contributed by atoms with Crippen molar-refractivity contribution in [3.8, 4) is 11.8 Å². The lowest BCUT2D eigenvalue weighted by Crippen LogP contribution is -2.34. The number of carbonyl (C=O) groups excluding carboxylic acids is 1. The molecule has 1 amide bonds. The highest BCUT2D eigenvalue weighted by Crippen LogP contribution is 2.18. The minimum atomic E-state index is -3.83. The van der Waals surface area contributed by atoms with E-state index in [1.807, 2.05) is 13.0 Å². The molecular weight excluding hydrogens is 366 g/mol. The zero-order chi connectivity index (χ0) is 19.9. The highest BCUT2D eigenvalue weighted by molar-refractivity contribution is 7.89. The van der Waals surface area contributed by atoms with Gasteiger partial charge in [-0.1, -0.05) is 13.0 Å². The number of likely N-dealkylation sites (N-methyl/N-ethyl adjacent to an activating group) is 1. The third kappa shape index (κ3) is 5.54. The van der Waals surface area contributed by atoms with Crippen molar-refractivity contribution >= 4 is 21.6 Å². The summed E-state index contributed by atoms with van der Waals surface area (Å²) in [5.74, 6) is 0.163. The molecule has 0 aliphatic heterocycles. The molecule has 27 heavy (non-hydrogen) atoms. The highest BCUT2D eigenvalue weighted by Gasteiger charge is 2.23. The first kappa shape index (κ1) is 20.4. The number of rotatable bonds is 8. The molecule has 0 bridgehead atoms. The Balaban J connectivity index is 2.03. The molecule has 142 valence electrons. The zero-order valence-electron chi connectivity index (χ0n) is 15.2. The van der Waals surface area contributed by atoms with Crippen LogP contribution in [-0.2, 0) is 14.8 Å². The van der Waals surface area contributed by atoms with Gasteiger partial charge in [-0.3, -0.25) is 4.79 Å². The number of sulfonamides is 1. The highest BCUT2D eigenvalue weighted by atomic mass is 32.2. The van der Waals surface area contributed by atoms with Crippen molar-refractivity contribution < 1.29 is 17.9 Å². The van der Waals surface area contributed by atoms with Crippen LogP contribution in [0.15, 0.2) is 53.4 Å². The minimum absolute atomic E-state index is 0.0202. The van der Waals surface area contributed by atoms with Crippen molar-refractivity contribution in [1.29, 1.82) is 5.26 Å². The van der Waals surface area contributed by atoms with Gasteiger partial charge in [0.2, 0.25) is 15.9 Å². The van der Waals surface area contributed by atoms with Gasteiger partial charge in [0.25, 0.3) is 0 Å². The molecule has 8 heteroatoms. The summed E-state index contributed by atoms with van der Waals surface area (Å²) in [6.07, 6.45) is 0.870. The first-order valence-corrected chi connectivity index (χ1v) is 9.80. The fraction of sp³-hybridized carbons (Fsp3) is 0.263. The maximum absolute atomic E-state index is 12.5. The number of nitrogens with one attached hydrogen (secondary N) is 1. The standard InChI is InChI=1S/C19H21N3O4S/c1-3-11-26-17-6-4-5-16(12-17)21-19(23)14-22(2)27(24,25)18-9-7-15(13-20)8-10-18/h4-10,12H,3,11,14H2,1-2H3,(H,21,23). The number of ether oxygens (including phenoxy) is 1. The topological polar surface area (TPSA) is 99.5 Å². The second-order valence-electron chi connectivity index (χ2n) is 5.82. The van der Waals surface area contributed by atoms with E-state index in [9.17, 15) is 13.2 Å². The first-order chi connectivity index (χ1) is 12.9. The van der Waals surface area contributed by atoms with Crippen molar-refractivity contribution in [2.75, 3.05) is 25.5 Å². The summed E-state index contributed by atoms with van der Waals surface area (Å²) in [6, 6.07) is 14.4. The second kappa shape index (κ2) is 9.16. The summed E-state index contributed by atoms with van der Waals surface area (Å²) in [5, 5.41) is 11.5. The summed E-state index contributed by atoms with van der Waals surface area (Å²) < 4.78 is 31.5. The van der Waals surface area contributed by atoms with E-state index in [1.54, 1.807) is 24.3 Å². The van der Waals surface area contributed by atoms with Gasteiger partial charge in [0.1, 0.15) is 5.75 Å². The normalized spacial score (nSPS) is 11.0. The van der Waals surface area contributed by atoms with E-state index in [2.05, 4.69) is 5.32 Å². The molecule has 0 spiro atoms. The minimum Gasteiger partial charge on any atom is -0.494 e. The lowest BCUT2D eigenvalue weighted by molar-refractivity contribution is -0.116. The summed E-state index contributed by atoms with van der Waals surface area (Å²) in [7, 11) is -2.51. The Hall–Kier alpha value is -2.89. The van der Waals surface area contributed by atoms with Gasteiger partial charge in [0, 0.05) is 18.8 Å². The van der Waals surface area contributed by atoms with Crippen LogP contribution in [0.3, 0.4) is 0 Å². The molecule has 0 fully saturated rings. The van der Waals surface area contributed by atoms with Crippen LogP contribution in [0.5, 0.6) is 5.75 Å². The number of nitrogens with zero attached hydrogens (tertiary/aromatic N) is 2. The first-order valence-electron chi connectivity index (χ1n) is 8.36. The lowest BCUT2D eigenvalue weighted by Gasteiger charge is -2.17. The summed E-state index contributed by atoms with van der Waals surface area (Å²) in [5.41, 5.74) is 0.886. The third-order valence-electron chi connectivity index (χ3n) is 3.65. The van der Waals surface area contributed by atoms with Gasteiger partial charge in [-0.25, -0.2) is 8.42 Å². The van der Waals surface area contributed by atoms with Gasteiger partial charge in [-0.05, 0) is 42.8 Å². The Morgan fingerprint density at radius 1 is 1.22 bits per heavy atom. The average Bonchev–Trinajstić information content (AvgIpc) is 2.66. The zero-order valence-corrected chi connectivity index (χ0v) is 16.0. The molecule has 0 saturated carbocycles. The smallest absolute Gasteiger partial charge is 0.243 e. The molecule has 0 heterocycles. The third-order valence-corrected chi connectivity index (χ3v) is 5.47. The largest absolute Gasteiger partial charge is 0.494 e. The van der Waals surface area contributed by atoms with E-state index in [1.165, 1.54) is 31.3 Å². The summed E-state index contributed by atoms with van der Waals surface area (Å²) in [4.78, 5) is 12.2. The molecule has 0 aliphatic carbocycles. The Labute approximate surface area is 159 Å². The molecule has 7 nitrogen and oxygen atoms in total. The van der Waals surface area contributed by atoms with Crippen molar-refractivity contribution in [3.63, 3.8) is 0 Å². The molecular formula is C19H21N3O4S. The van der Waals surface area contributed by atoms with Crippen LogP contribution in [0.2, 0.25) is 0 Å². The maximum Gasteiger partial charge on any atom is 0.243 e. The van der Waals surface area contributed by atoms with Gasteiger partial charge < -0.3 is 10.1 Å². The van der Waals surface area contributed by atoms with E-state index >= 15 is 0 Å². The Bertz CT molecular complexity index is 934. The van der Waals surface area contributed by atoms with Crippen molar-refractivity contribution in [3.05, 3.63) is 54.1 Å². The molecule has 2 rings (SSSR count). The van der Waals surface area contributed by atoms with Crippen molar-refractivity contribution in [2.24, 2.45) is 0 Å². The predicted molar refractivity (Wildman–Crippen MR) is 102 cm³/mol. The summed E-state index contributed by atoms with van der Waals surface area (Å²) >= 11 is 0. The fourth-order valence-electron chi connectivity index (χ4n) is 2.25. The SMILES string of the molecule is CCCOc1cccc(NC(=O)CN(C)S(=O)(=O)c2ccc(C#N)cc2)c1. The van der Waals surface area contributed by atoms with E-state index in [0.717, 1.165) is 10.7 Å². The Morgan fingerprint density at radius 2 is 1.93 bits per heavy atom. The van der Waals surface area contributed by atoms with Crippen LogP contribution >= 0.6 is 0 Å². The molecule has 2 aromatic carbocycles. The van der Waals surface area contributed by atoms with E-state index in [-0.39, 0.29) is 11.4 Å². The van der Waals surface area contributed by atoms with E-state index < -0.39 is 15.9 Å². The van der Waals surface area contributed by atoms with Crippen molar-refractivity contribution in [2.45, 2.75) is 18.2 Å². The number of hydrogen-bond donors (Lipinski definition) is 1. The number of carbonyl (C=O) groups is 1. The summed E-state index contributed by atoms with van der Waals surface area (Å²) in [6.45, 7) is 2.22. The van der Waals surface area contributed by atoms with Crippen LogP contribution in [0.4, 0.5) is 5.69 Å². The van der Waals surface area contributed by atoms with Gasteiger partial charge in [-0.2, -0.15) is 9.57 Å². The van der Waals surface area contributed by atoms with Gasteiger partial charge in [0.15, 0.2) is 0 Å². The molecule has 0 radical (unpaired) electrons. The maximum atomic E-state index is 12.5. The van der Waals surface area contributed by atoms with E-state index in [0.29, 0.717) is 23.6 Å². The van der Waals surface area contributed by atoms with Crippen LogP contribution in [0, 0.1) is 11.3 Å². The Kier molecular flexibility index (Phi) is 6.93. The number of nitriles is 1. The van der Waals surface area contributed by atoms with Crippen molar-refractivity contribution in [1.82, 2.24) is 4.31 Å². The molecule has 0 atom stereocenters. The fourth-order valence-corrected chi connectivity index (χ4v) is 3.38. The molecule has 0 unspecified atom stereocenters. The monoisotopic (exact) mass is 387 g/mol. The number of amides is 1. The van der Waals surface area contributed by atoms with Gasteiger partial charge in [0.05, 0.1) is 29.7 Å². The quantitative estimate of drug-likeness (QED) is 0.750.